The molecule has 0 bridgehead atoms. The normalized spacial score (nSPS) is 16.2. The van der Waals surface area contributed by atoms with Gasteiger partial charge in [-0.3, -0.25) is 10.1 Å². The van der Waals surface area contributed by atoms with Gasteiger partial charge in [-0.15, -0.1) is 12.4 Å². The molecule has 1 aliphatic rings. The maximum Gasteiger partial charge on any atom is 0.270 e. The molecular weight excluding hydrogens is 338 g/mol. The minimum atomic E-state index is -0.327. The minimum absolute atomic E-state index is 0. The maximum absolute atomic E-state index is 11.0. The van der Waals surface area contributed by atoms with E-state index in [1.807, 2.05) is 24.3 Å². The van der Waals surface area contributed by atoms with Gasteiger partial charge in [0.25, 0.3) is 5.69 Å². The molecule has 0 saturated heterocycles. The Hall–Kier alpha value is -2.37. The van der Waals surface area contributed by atoms with Crippen LogP contribution < -0.4 is 5.32 Å². The molecule has 0 amide bonds. The number of aryl methyl sites for hydroxylation is 1. The summed E-state index contributed by atoms with van der Waals surface area (Å²) in [6.07, 6.45) is 3.14. The molecule has 1 aliphatic carbocycles. The number of non-ortho nitro benzene ring substituents is 1. The summed E-state index contributed by atoms with van der Waals surface area (Å²) in [5.41, 5.74) is 4.82. The van der Waals surface area contributed by atoms with Gasteiger partial charge in [0.05, 0.1) is 4.92 Å². The Morgan fingerprint density at radius 3 is 2.76 bits per heavy atom. The van der Waals surface area contributed by atoms with E-state index in [2.05, 4.69) is 22.4 Å². The number of hydrogen-bond acceptors (Lipinski definition) is 3. The summed E-state index contributed by atoms with van der Waals surface area (Å²) in [6.45, 7) is 0.820. The first-order valence-corrected chi connectivity index (χ1v) is 8.28. The van der Waals surface area contributed by atoms with Crippen LogP contribution in [0.4, 0.5) is 5.69 Å². The molecule has 0 spiro atoms. The standard InChI is InChI=1S/C19H19N3O2.ClH/c23-22(24)14-9-10-17-16(11-14)15-7-4-8-18(19(15)21-17)20-12-13-5-2-1-3-6-13;/h1-3,5-6,9-11,18,20-21H,4,7-8,12H2;1H. The Bertz CT molecular complexity index is 892. The third-order valence-corrected chi connectivity index (χ3v) is 4.80. The van der Waals surface area contributed by atoms with Gasteiger partial charge in [0, 0.05) is 41.3 Å². The van der Waals surface area contributed by atoms with Crippen molar-refractivity contribution >= 4 is 29.0 Å². The molecule has 25 heavy (non-hydrogen) atoms. The Labute approximate surface area is 152 Å². The second-order valence-electron chi connectivity index (χ2n) is 6.32. The molecule has 4 rings (SSSR count). The Morgan fingerprint density at radius 2 is 2.00 bits per heavy atom. The van der Waals surface area contributed by atoms with Crippen LogP contribution >= 0.6 is 12.4 Å². The van der Waals surface area contributed by atoms with E-state index in [-0.39, 0.29) is 29.1 Å². The molecular formula is C19H20ClN3O2. The number of nitro benzene ring substituents is 1. The molecule has 2 N–H and O–H groups in total. The topological polar surface area (TPSA) is 71.0 Å². The third kappa shape index (κ3) is 3.38. The summed E-state index contributed by atoms with van der Waals surface area (Å²) < 4.78 is 0. The number of nitrogens with zero attached hydrogens (tertiary/aromatic N) is 1. The van der Waals surface area contributed by atoms with E-state index in [1.54, 1.807) is 12.1 Å². The number of hydrogen-bond donors (Lipinski definition) is 2. The molecule has 0 radical (unpaired) electrons. The van der Waals surface area contributed by atoms with Crippen LogP contribution in [0.15, 0.2) is 48.5 Å². The molecule has 130 valence electrons. The lowest BCUT2D eigenvalue weighted by Crippen LogP contribution is -2.24. The zero-order valence-corrected chi connectivity index (χ0v) is 14.5. The molecule has 1 unspecified atom stereocenters. The number of aromatic amines is 1. The molecule has 0 aliphatic heterocycles. The fourth-order valence-electron chi connectivity index (χ4n) is 3.61. The van der Waals surface area contributed by atoms with Crippen LogP contribution in [0.25, 0.3) is 10.9 Å². The fourth-order valence-corrected chi connectivity index (χ4v) is 3.61. The van der Waals surface area contributed by atoms with E-state index < -0.39 is 0 Å². The molecule has 3 aromatic rings. The Balaban J connectivity index is 0.00000182. The van der Waals surface area contributed by atoms with Gasteiger partial charge in [0.1, 0.15) is 0 Å². The van der Waals surface area contributed by atoms with Gasteiger partial charge in [0.15, 0.2) is 0 Å². The lowest BCUT2D eigenvalue weighted by atomic mass is 9.91. The summed E-state index contributed by atoms with van der Waals surface area (Å²) in [5.74, 6) is 0. The van der Waals surface area contributed by atoms with Crippen molar-refractivity contribution in [2.75, 3.05) is 0 Å². The van der Waals surface area contributed by atoms with Crippen LogP contribution in [0.2, 0.25) is 0 Å². The molecule has 0 fully saturated rings. The Morgan fingerprint density at radius 1 is 1.20 bits per heavy atom. The van der Waals surface area contributed by atoms with Gasteiger partial charge in [-0.1, -0.05) is 30.3 Å². The van der Waals surface area contributed by atoms with E-state index >= 15 is 0 Å². The molecule has 6 heteroatoms. The van der Waals surface area contributed by atoms with Crippen molar-refractivity contribution in [2.24, 2.45) is 0 Å². The molecule has 1 aromatic heterocycles. The first-order valence-electron chi connectivity index (χ1n) is 8.28. The zero-order valence-electron chi connectivity index (χ0n) is 13.7. The molecule has 0 saturated carbocycles. The molecule has 5 nitrogen and oxygen atoms in total. The van der Waals surface area contributed by atoms with Crippen LogP contribution in [0.1, 0.15) is 35.7 Å². The van der Waals surface area contributed by atoms with E-state index in [0.29, 0.717) is 0 Å². The van der Waals surface area contributed by atoms with Gasteiger partial charge < -0.3 is 10.3 Å². The highest BCUT2D eigenvalue weighted by molar-refractivity contribution is 5.87. The van der Waals surface area contributed by atoms with Crippen LogP contribution in [0.5, 0.6) is 0 Å². The van der Waals surface area contributed by atoms with Crippen LogP contribution in [-0.2, 0) is 13.0 Å². The van der Waals surface area contributed by atoms with Gasteiger partial charge in [0.2, 0.25) is 0 Å². The van der Waals surface area contributed by atoms with Crippen molar-refractivity contribution in [3.8, 4) is 0 Å². The number of nitrogens with one attached hydrogen (secondary N) is 2. The quantitative estimate of drug-likeness (QED) is 0.526. The first-order chi connectivity index (χ1) is 11.7. The smallest absolute Gasteiger partial charge is 0.270 e. The largest absolute Gasteiger partial charge is 0.357 e. The predicted octanol–water partition coefficient (Wildman–Crippen LogP) is 4.67. The summed E-state index contributed by atoms with van der Waals surface area (Å²) in [6, 6.07) is 15.7. The highest BCUT2D eigenvalue weighted by Gasteiger charge is 2.24. The fraction of sp³-hybridized carbons (Fsp3) is 0.263. The van der Waals surface area contributed by atoms with Crippen LogP contribution in [0.3, 0.4) is 0 Å². The summed E-state index contributed by atoms with van der Waals surface area (Å²) >= 11 is 0. The number of nitro groups is 1. The third-order valence-electron chi connectivity index (χ3n) is 4.80. The lowest BCUT2D eigenvalue weighted by Gasteiger charge is -2.24. The summed E-state index contributed by atoms with van der Waals surface area (Å²) in [5, 5.41) is 15.7. The number of H-pyrrole nitrogens is 1. The second-order valence-corrected chi connectivity index (χ2v) is 6.32. The first kappa shape index (κ1) is 17.5. The predicted molar refractivity (Wildman–Crippen MR) is 101 cm³/mol. The van der Waals surface area contributed by atoms with Gasteiger partial charge in [-0.2, -0.15) is 0 Å². The summed E-state index contributed by atoms with van der Waals surface area (Å²) in [4.78, 5) is 14.2. The summed E-state index contributed by atoms with van der Waals surface area (Å²) in [7, 11) is 0. The number of fused-ring (bicyclic) bond motifs is 3. The van der Waals surface area contributed by atoms with Gasteiger partial charge in [-0.25, -0.2) is 0 Å². The average Bonchev–Trinajstić information content (AvgIpc) is 2.99. The number of rotatable bonds is 4. The van der Waals surface area contributed by atoms with E-state index in [4.69, 9.17) is 0 Å². The minimum Gasteiger partial charge on any atom is -0.357 e. The van der Waals surface area contributed by atoms with E-state index in [9.17, 15) is 10.1 Å². The van der Waals surface area contributed by atoms with Crippen molar-refractivity contribution in [1.29, 1.82) is 0 Å². The highest BCUT2D eigenvalue weighted by Crippen LogP contribution is 2.36. The van der Waals surface area contributed by atoms with Crippen molar-refractivity contribution in [2.45, 2.75) is 31.8 Å². The Kier molecular flexibility index (Phi) is 5.06. The molecule has 2 aromatic carbocycles. The van der Waals surface area contributed by atoms with Crippen molar-refractivity contribution < 1.29 is 4.92 Å². The van der Waals surface area contributed by atoms with Crippen molar-refractivity contribution in [3.05, 3.63) is 75.5 Å². The lowest BCUT2D eigenvalue weighted by molar-refractivity contribution is -0.384. The average molecular weight is 358 g/mol. The van der Waals surface area contributed by atoms with Gasteiger partial charge in [-0.05, 0) is 36.5 Å². The van der Waals surface area contributed by atoms with Crippen LogP contribution in [0, 0.1) is 10.1 Å². The van der Waals surface area contributed by atoms with Gasteiger partial charge >= 0.3 is 0 Å². The van der Waals surface area contributed by atoms with Crippen molar-refractivity contribution in [1.82, 2.24) is 10.3 Å². The van der Waals surface area contributed by atoms with Crippen molar-refractivity contribution in [3.63, 3.8) is 0 Å². The van der Waals surface area contributed by atoms with E-state index in [1.165, 1.54) is 16.8 Å². The monoisotopic (exact) mass is 357 g/mol. The van der Waals surface area contributed by atoms with Crippen LogP contribution in [-0.4, -0.2) is 9.91 Å². The molecule has 1 atom stereocenters. The maximum atomic E-state index is 11.0. The molecule has 1 heterocycles. The number of halogens is 1. The SMILES string of the molecule is Cl.O=[N+]([O-])c1ccc2[nH]c3c(c2c1)CCCC3NCc1ccccc1. The highest BCUT2D eigenvalue weighted by atomic mass is 35.5. The number of benzene rings is 2. The second kappa shape index (κ2) is 7.25. The van der Waals surface area contributed by atoms with E-state index in [0.717, 1.165) is 36.7 Å². The number of aromatic nitrogens is 1. The zero-order chi connectivity index (χ0) is 16.5.